The molecule has 1 aliphatic carbocycles. The van der Waals surface area contributed by atoms with Gasteiger partial charge >= 0.3 is 0 Å². The Morgan fingerprint density at radius 2 is 2.08 bits per heavy atom. The fourth-order valence-corrected chi connectivity index (χ4v) is 1.41. The van der Waals surface area contributed by atoms with E-state index in [0.29, 0.717) is 6.42 Å². The maximum Gasteiger partial charge on any atom is 0.107 e. The van der Waals surface area contributed by atoms with Crippen LogP contribution in [0, 0.1) is 0 Å². The van der Waals surface area contributed by atoms with Crippen molar-refractivity contribution in [1.29, 1.82) is 0 Å². The first-order valence-electron chi connectivity index (χ1n) is 4.53. The molecule has 0 heterocycles. The lowest BCUT2D eigenvalue weighted by molar-refractivity contribution is 0.608. The average Bonchev–Trinajstić information content (AvgIpc) is 2.22. The monoisotopic (exact) mass is 181 g/mol. The Kier molecular flexibility index (Phi) is 3.43. The summed E-state index contributed by atoms with van der Waals surface area (Å²) in [5, 5.41) is 3.08. The van der Waals surface area contributed by atoms with Crippen LogP contribution in [0.2, 0.25) is 0 Å². The van der Waals surface area contributed by atoms with E-state index in [2.05, 4.69) is 5.32 Å². The van der Waals surface area contributed by atoms with Crippen molar-refractivity contribution in [3.05, 3.63) is 34.7 Å². The molecule has 0 atom stereocenters. The zero-order valence-electron chi connectivity index (χ0n) is 8.45. The lowest BCUT2D eigenvalue weighted by atomic mass is 10.0. The second-order valence-electron chi connectivity index (χ2n) is 3.32. The Morgan fingerprint density at radius 3 is 2.69 bits per heavy atom. The van der Waals surface area contributed by atoms with Gasteiger partial charge in [-0.15, -0.1) is 0 Å². The highest BCUT2D eigenvalue weighted by molar-refractivity contribution is 5.42. The van der Waals surface area contributed by atoms with Crippen molar-refractivity contribution in [2.45, 2.75) is 20.3 Å². The normalized spacial score (nSPS) is 18.2. The number of rotatable bonds is 2. The zero-order chi connectivity index (χ0) is 9.84. The van der Waals surface area contributed by atoms with E-state index in [4.69, 9.17) is 0 Å². The fourth-order valence-electron chi connectivity index (χ4n) is 1.41. The van der Waals surface area contributed by atoms with Gasteiger partial charge in [-0.2, -0.15) is 0 Å². The lowest BCUT2D eigenvalue weighted by Crippen LogP contribution is -2.10. The Hall–Kier alpha value is -0.890. The van der Waals surface area contributed by atoms with Gasteiger partial charge in [0.1, 0.15) is 5.83 Å². The molecule has 1 rings (SSSR count). The van der Waals surface area contributed by atoms with Crippen molar-refractivity contribution < 1.29 is 4.39 Å². The van der Waals surface area contributed by atoms with Gasteiger partial charge in [-0.1, -0.05) is 12.2 Å². The average molecular weight is 181 g/mol. The number of nitrogens with one attached hydrogen (secondary N) is 1. The summed E-state index contributed by atoms with van der Waals surface area (Å²) in [6, 6.07) is 0. The molecule has 0 amide bonds. The molecular formula is C11H16FN. The van der Waals surface area contributed by atoms with Crippen LogP contribution < -0.4 is 5.32 Å². The third-order valence-corrected chi connectivity index (χ3v) is 2.43. The molecule has 1 N–H and O–H groups in total. The van der Waals surface area contributed by atoms with E-state index in [9.17, 15) is 4.39 Å². The van der Waals surface area contributed by atoms with Crippen LogP contribution in [-0.2, 0) is 0 Å². The van der Waals surface area contributed by atoms with Crippen LogP contribution in [-0.4, -0.2) is 13.6 Å². The zero-order valence-corrected chi connectivity index (χ0v) is 8.45. The van der Waals surface area contributed by atoms with E-state index in [1.54, 1.807) is 0 Å². The predicted molar refractivity (Wildman–Crippen MR) is 54.2 cm³/mol. The highest BCUT2D eigenvalue weighted by Gasteiger charge is 2.09. The first kappa shape index (κ1) is 10.2. The van der Waals surface area contributed by atoms with Gasteiger partial charge in [0.2, 0.25) is 0 Å². The summed E-state index contributed by atoms with van der Waals surface area (Å²) in [5.41, 5.74) is 3.02. The molecule has 1 nitrogen and oxygen atoms in total. The van der Waals surface area contributed by atoms with Crippen molar-refractivity contribution >= 4 is 0 Å². The molecule has 0 aromatic carbocycles. The number of halogens is 1. The molecule has 2 heteroatoms. The smallest absolute Gasteiger partial charge is 0.107 e. The second kappa shape index (κ2) is 4.38. The van der Waals surface area contributed by atoms with E-state index in [1.807, 2.05) is 33.0 Å². The Bertz CT molecular complexity index is 284. The quantitative estimate of drug-likeness (QED) is 0.690. The van der Waals surface area contributed by atoms with Crippen molar-refractivity contribution in [3.8, 4) is 0 Å². The van der Waals surface area contributed by atoms with E-state index in [-0.39, 0.29) is 5.83 Å². The van der Waals surface area contributed by atoms with Gasteiger partial charge in [0.15, 0.2) is 0 Å². The van der Waals surface area contributed by atoms with Gasteiger partial charge in [0, 0.05) is 13.0 Å². The predicted octanol–water partition coefficient (Wildman–Crippen LogP) is 2.73. The molecule has 0 aromatic rings. The van der Waals surface area contributed by atoms with Gasteiger partial charge in [-0.25, -0.2) is 4.39 Å². The molecular weight excluding hydrogens is 165 g/mol. The van der Waals surface area contributed by atoms with Crippen LogP contribution in [0.1, 0.15) is 20.3 Å². The summed E-state index contributed by atoms with van der Waals surface area (Å²) in [6.45, 7) is 4.61. The molecule has 0 radical (unpaired) electrons. The van der Waals surface area contributed by atoms with Crippen LogP contribution in [0.3, 0.4) is 0 Å². The first-order valence-corrected chi connectivity index (χ1v) is 4.53. The summed E-state index contributed by atoms with van der Waals surface area (Å²) >= 11 is 0. The molecule has 72 valence electrons. The minimum absolute atomic E-state index is 0.0140. The van der Waals surface area contributed by atoms with Crippen molar-refractivity contribution in [1.82, 2.24) is 5.32 Å². The number of hydrogen-bond acceptors (Lipinski definition) is 1. The third-order valence-electron chi connectivity index (χ3n) is 2.43. The number of allylic oxidation sites excluding steroid dienone is 4. The van der Waals surface area contributed by atoms with E-state index >= 15 is 0 Å². The Balaban J connectivity index is 3.03. The van der Waals surface area contributed by atoms with E-state index in [0.717, 1.165) is 17.7 Å². The molecule has 0 aromatic heterocycles. The highest BCUT2D eigenvalue weighted by Crippen LogP contribution is 2.24. The largest absolute Gasteiger partial charge is 0.316 e. The van der Waals surface area contributed by atoms with Crippen molar-refractivity contribution in [2.75, 3.05) is 13.6 Å². The maximum atomic E-state index is 13.3. The van der Waals surface area contributed by atoms with Gasteiger partial charge in [-0.05, 0) is 37.6 Å². The van der Waals surface area contributed by atoms with Gasteiger partial charge in [-0.3, -0.25) is 0 Å². The molecule has 0 spiro atoms. The van der Waals surface area contributed by atoms with E-state index < -0.39 is 0 Å². The standard InChI is InChI=1S/C11H16FN/c1-8-9(2)11(12)6-4-5-10(8)7-13-3/h4-5,13H,6-7H2,1-3H3. The molecule has 0 aliphatic heterocycles. The van der Waals surface area contributed by atoms with Crippen molar-refractivity contribution in [2.24, 2.45) is 0 Å². The first-order chi connectivity index (χ1) is 6.16. The Labute approximate surface area is 79.0 Å². The van der Waals surface area contributed by atoms with Crippen LogP contribution in [0.4, 0.5) is 4.39 Å². The molecule has 1 aliphatic rings. The lowest BCUT2D eigenvalue weighted by Gasteiger charge is -2.07. The second-order valence-corrected chi connectivity index (χ2v) is 3.32. The summed E-state index contributed by atoms with van der Waals surface area (Å²) in [7, 11) is 1.90. The topological polar surface area (TPSA) is 12.0 Å². The summed E-state index contributed by atoms with van der Waals surface area (Å²) in [6.07, 6.45) is 4.31. The molecule has 0 unspecified atom stereocenters. The molecule has 0 bridgehead atoms. The van der Waals surface area contributed by atoms with Gasteiger partial charge < -0.3 is 5.32 Å². The number of likely N-dealkylation sites (N-methyl/N-ethyl adjacent to an activating group) is 1. The minimum Gasteiger partial charge on any atom is -0.316 e. The summed E-state index contributed by atoms with van der Waals surface area (Å²) in [5.74, 6) is -0.0140. The minimum atomic E-state index is -0.0140. The van der Waals surface area contributed by atoms with Crippen LogP contribution in [0.25, 0.3) is 0 Å². The van der Waals surface area contributed by atoms with Crippen LogP contribution >= 0.6 is 0 Å². The molecule has 13 heavy (non-hydrogen) atoms. The fraction of sp³-hybridized carbons (Fsp3) is 0.455. The van der Waals surface area contributed by atoms with Crippen LogP contribution in [0.5, 0.6) is 0 Å². The number of hydrogen-bond donors (Lipinski definition) is 1. The molecule has 0 fully saturated rings. The molecule has 0 saturated heterocycles. The van der Waals surface area contributed by atoms with Crippen LogP contribution in [0.15, 0.2) is 34.7 Å². The maximum absolute atomic E-state index is 13.3. The summed E-state index contributed by atoms with van der Waals surface area (Å²) < 4.78 is 13.3. The van der Waals surface area contributed by atoms with E-state index in [1.165, 1.54) is 5.57 Å². The van der Waals surface area contributed by atoms with Gasteiger partial charge in [0.05, 0.1) is 0 Å². The molecule has 0 saturated carbocycles. The highest BCUT2D eigenvalue weighted by atomic mass is 19.1. The SMILES string of the molecule is CNCC1=C(C)C(C)=C(F)CC=C1. The third kappa shape index (κ3) is 2.28. The van der Waals surface area contributed by atoms with Gasteiger partial charge in [0.25, 0.3) is 0 Å². The van der Waals surface area contributed by atoms with Crippen molar-refractivity contribution in [3.63, 3.8) is 0 Å². The summed E-state index contributed by atoms with van der Waals surface area (Å²) in [4.78, 5) is 0. The Morgan fingerprint density at radius 1 is 1.38 bits per heavy atom.